The highest BCUT2D eigenvalue weighted by atomic mass is 16.5. The molecule has 1 atom stereocenters. The van der Waals surface area contributed by atoms with Crippen LogP contribution in [0.2, 0.25) is 0 Å². The Labute approximate surface area is 269 Å². The van der Waals surface area contributed by atoms with Crippen LogP contribution < -0.4 is 10.1 Å². The molecule has 7 nitrogen and oxygen atoms in total. The van der Waals surface area contributed by atoms with Crippen molar-refractivity contribution in [2.75, 3.05) is 25.6 Å². The Bertz CT molecular complexity index is 1730. The van der Waals surface area contributed by atoms with Crippen LogP contribution in [-0.4, -0.2) is 48.9 Å². The minimum absolute atomic E-state index is 0.0585. The summed E-state index contributed by atoms with van der Waals surface area (Å²) in [6, 6.07) is 42.0. The second-order valence-corrected chi connectivity index (χ2v) is 10.7. The average molecular weight is 613 g/mol. The van der Waals surface area contributed by atoms with Crippen molar-refractivity contribution >= 4 is 23.3 Å². The summed E-state index contributed by atoms with van der Waals surface area (Å²) in [6.07, 6.45) is 0.331. The summed E-state index contributed by atoms with van der Waals surface area (Å²) in [4.78, 5) is 41.1. The first-order valence-electron chi connectivity index (χ1n) is 15.1. The molecule has 1 amide bonds. The van der Waals surface area contributed by atoms with Crippen LogP contribution in [0.1, 0.15) is 37.4 Å². The summed E-state index contributed by atoms with van der Waals surface area (Å²) in [6.45, 7) is 1.18. The summed E-state index contributed by atoms with van der Waals surface area (Å²) in [5.74, 6) is 0.0132. The van der Waals surface area contributed by atoms with Gasteiger partial charge in [-0.05, 0) is 47.5 Å². The van der Waals surface area contributed by atoms with Gasteiger partial charge in [0.2, 0.25) is 0 Å². The molecule has 0 heterocycles. The molecule has 46 heavy (non-hydrogen) atoms. The van der Waals surface area contributed by atoms with E-state index in [9.17, 15) is 14.4 Å². The third kappa shape index (κ3) is 8.48. The van der Waals surface area contributed by atoms with Gasteiger partial charge < -0.3 is 19.7 Å². The minimum atomic E-state index is -0.725. The fraction of sp³-hybridized carbons (Fsp3) is 0.154. The van der Waals surface area contributed by atoms with E-state index in [-0.39, 0.29) is 11.7 Å². The van der Waals surface area contributed by atoms with Gasteiger partial charge in [-0.3, -0.25) is 9.59 Å². The van der Waals surface area contributed by atoms with Crippen molar-refractivity contribution in [2.45, 2.75) is 19.0 Å². The zero-order valence-corrected chi connectivity index (χ0v) is 25.7. The molecule has 5 aromatic carbocycles. The second kappa shape index (κ2) is 15.9. The van der Waals surface area contributed by atoms with E-state index in [1.165, 1.54) is 7.11 Å². The maximum absolute atomic E-state index is 13.3. The van der Waals surface area contributed by atoms with E-state index in [4.69, 9.17) is 9.47 Å². The van der Waals surface area contributed by atoms with Gasteiger partial charge in [0, 0.05) is 35.3 Å². The van der Waals surface area contributed by atoms with Crippen LogP contribution in [0.5, 0.6) is 5.75 Å². The summed E-state index contributed by atoms with van der Waals surface area (Å²) in [5, 5.41) is 3.24. The molecule has 5 aromatic rings. The third-order valence-electron chi connectivity index (χ3n) is 7.54. The second-order valence-electron chi connectivity index (χ2n) is 10.7. The maximum Gasteiger partial charge on any atom is 0.328 e. The summed E-state index contributed by atoms with van der Waals surface area (Å²) in [5.41, 5.74) is 4.14. The molecule has 0 aliphatic rings. The SMILES string of the molecule is COC(=O)[C@H](Cc1ccc(OCCN(Cc2ccccc2)C(=O)c2ccccc2)cc1)Nc1ccccc1C(=O)c1ccccc1. The van der Waals surface area contributed by atoms with Gasteiger partial charge in [-0.15, -0.1) is 0 Å². The predicted octanol–water partition coefficient (Wildman–Crippen LogP) is 6.84. The van der Waals surface area contributed by atoms with Crippen LogP contribution in [0.4, 0.5) is 5.69 Å². The Kier molecular flexibility index (Phi) is 10.9. The van der Waals surface area contributed by atoms with E-state index < -0.39 is 12.0 Å². The molecule has 0 saturated heterocycles. The molecule has 0 saturated carbocycles. The number of benzene rings is 5. The largest absolute Gasteiger partial charge is 0.492 e. The van der Waals surface area contributed by atoms with Gasteiger partial charge in [0.1, 0.15) is 18.4 Å². The monoisotopic (exact) mass is 612 g/mol. The molecule has 232 valence electrons. The van der Waals surface area contributed by atoms with Crippen LogP contribution in [-0.2, 0) is 22.5 Å². The van der Waals surface area contributed by atoms with Crippen molar-refractivity contribution in [3.63, 3.8) is 0 Å². The van der Waals surface area contributed by atoms with Crippen molar-refractivity contribution in [2.24, 2.45) is 0 Å². The quantitative estimate of drug-likeness (QED) is 0.109. The lowest BCUT2D eigenvalue weighted by Crippen LogP contribution is -2.34. The molecule has 5 rings (SSSR count). The van der Waals surface area contributed by atoms with Gasteiger partial charge in [-0.1, -0.05) is 103 Å². The van der Waals surface area contributed by atoms with Gasteiger partial charge in [0.25, 0.3) is 5.91 Å². The number of rotatable bonds is 14. The number of ketones is 1. The first-order valence-corrected chi connectivity index (χ1v) is 15.1. The van der Waals surface area contributed by atoms with Crippen molar-refractivity contribution < 1.29 is 23.9 Å². The summed E-state index contributed by atoms with van der Waals surface area (Å²) < 4.78 is 11.1. The van der Waals surface area contributed by atoms with Crippen molar-refractivity contribution in [1.82, 2.24) is 4.90 Å². The van der Waals surface area contributed by atoms with E-state index in [1.54, 1.807) is 35.2 Å². The lowest BCUT2D eigenvalue weighted by molar-refractivity contribution is -0.141. The van der Waals surface area contributed by atoms with Crippen LogP contribution in [0, 0.1) is 0 Å². The van der Waals surface area contributed by atoms with Crippen molar-refractivity contribution in [3.8, 4) is 5.75 Å². The smallest absolute Gasteiger partial charge is 0.328 e. The fourth-order valence-corrected chi connectivity index (χ4v) is 5.13. The third-order valence-corrected chi connectivity index (χ3v) is 7.54. The van der Waals surface area contributed by atoms with Crippen molar-refractivity contribution in [1.29, 1.82) is 0 Å². The number of esters is 1. The number of amides is 1. The number of carbonyl (C=O) groups excluding carboxylic acids is 3. The highest BCUT2D eigenvalue weighted by Crippen LogP contribution is 2.22. The van der Waals surface area contributed by atoms with E-state index >= 15 is 0 Å². The number of methoxy groups -OCH3 is 1. The minimum Gasteiger partial charge on any atom is -0.492 e. The molecule has 0 aliphatic heterocycles. The highest BCUT2D eigenvalue weighted by Gasteiger charge is 2.23. The molecule has 0 spiro atoms. The highest BCUT2D eigenvalue weighted by molar-refractivity contribution is 6.12. The van der Waals surface area contributed by atoms with E-state index in [0.717, 1.165) is 11.1 Å². The van der Waals surface area contributed by atoms with Gasteiger partial charge >= 0.3 is 5.97 Å². The van der Waals surface area contributed by atoms with Gasteiger partial charge in [0.15, 0.2) is 5.78 Å². The Balaban J connectivity index is 1.22. The summed E-state index contributed by atoms with van der Waals surface area (Å²) >= 11 is 0. The molecule has 0 bridgehead atoms. The van der Waals surface area contributed by atoms with Crippen LogP contribution in [0.25, 0.3) is 0 Å². The number of hydrogen-bond donors (Lipinski definition) is 1. The first-order chi connectivity index (χ1) is 22.5. The van der Waals surface area contributed by atoms with Gasteiger partial charge in [-0.25, -0.2) is 4.79 Å². The van der Waals surface area contributed by atoms with Crippen LogP contribution in [0.3, 0.4) is 0 Å². The van der Waals surface area contributed by atoms with Crippen LogP contribution >= 0.6 is 0 Å². The lowest BCUT2D eigenvalue weighted by Gasteiger charge is -2.23. The zero-order chi connectivity index (χ0) is 32.1. The average Bonchev–Trinajstić information content (AvgIpc) is 3.12. The molecule has 0 aliphatic carbocycles. The number of para-hydroxylation sites is 1. The number of ether oxygens (including phenoxy) is 2. The number of carbonyl (C=O) groups is 3. The molecule has 0 radical (unpaired) electrons. The predicted molar refractivity (Wildman–Crippen MR) is 179 cm³/mol. The molecule has 1 N–H and O–H groups in total. The van der Waals surface area contributed by atoms with E-state index in [0.29, 0.717) is 54.2 Å². The standard InChI is InChI=1S/C39H36N2O5/c1-45-39(44)36(40-35-20-12-11-19-34(35)37(42)31-15-7-3-8-16-31)27-29-21-23-33(24-22-29)46-26-25-41(28-30-13-5-2-6-14-30)38(43)32-17-9-4-10-18-32/h2-24,36,40H,25-28H2,1H3/t36-/m0/s1. The molecule has 0 aromatic heterocycles. The molecular formula is C39H36N2O5. The van der Waals surface area contributed by atoms with Gasteiger partial charge in [0.05, 0.1) is 13.7 Å². The Morgan fingerprint density at radius 2 is 1.26 bits per heavy atom. The number of hydrogen-bond acceptors (Lipinski definition) is 6. The maximum atomic E-state index is 13.3. The molecule has 7 heteroatoms. The molecule has 0 unspecified atom stereocenters. The topological polar surface area (TPSA) is 84.9 Å². The first kappa shape index (κ1) is 31.7. The normalized spacial score (nSPS) is 11.2. The number of nitrogens with zero attached hydrogens (tertiary/aromatic N) is 1. The van der Waals surface area contributed by atoms with Crippen LogP contribution in [0.15, 0.2) is 140 Å². The van der Waals surface area contributed by atoms with Crippen molar-refractivity contribution in [3.05, 3.63) is 167 Å². The Morgan fingerprint density at radius 1 is 0.674 bits per heavy atom. The Morgan fingerprint density at radius 3 is 1.91 bits per heavy atom. The fourth-order valence-electron chi connectivity index (χ4n) is 5.13. The lowest BCUT2D eigenvalue weighted by atomic mass is 10.00. The zero-order valence-electron chi connectivity index (χ0n) is 25.7. The number of nitrogens with one attached hydrogen (secondary N) is 1. The van der Waals surface area contributed by atoms with E-state index in [2.05, 4.69) is 5.32 Å². The number of anilines is 1. The molecule has 0 fully saturated rings. The van der Waals surface area contributed by atoms with Gasteiger partial charge in [-0.2, -0.15) is 0 Å². The Hall–Kier alpha value is -5.69. The molecular weight excluding hydrogens is 576 g/mol. The summed E-state index contributed by atoms with van der Waals surface area (Å²) in [7, 11) is 1.35. The van der Waals surface area contributed by atoms with E-state index in [1.807, 2.05) is 109 Å².